The van der Waals surface area contributed by atoms with E-state index in [4.69, 9.17) is 16.3 Å². The molecular formula is C17H19ClN2O4S. The van der Waals surface area contributed by atoms with E-state index in [1.54, 1.807) is 31.2 Å². The van der Waals surface area contributed by atoms with E-state index in [0.29, 0.717) is 11.4 Å². The van der Waals surface area contributed by atoms with Gasteiger partial charge in [0, 0.05) is 19.3 Å². The molecule has 0 unspecified atom stereocenters. The summed E-state index contributed by atoms with van der Waals surface area (Å²) in [4.78, 5) is 11.6. The highest BCUT2D eigenvalue weighted by atomic mass is 35.5. The molecule has 25 heavy (non-hydrogen) atoms. The van der Waals surface area contributed by atoms with Gasteiger partial charge >= 0.3 is 0 Å². The number of nitrogens with zero attached hydrogens (tertiary/aromatic N) is 1. The van der Waals surface area contributed by atoms with Crippen LogP contribution in [0.2, 0.25) is 5.02 Å². The smallest absolute Gasteiger partial charge is 0.265 e. The van der Waals surface area contributed by atoms with Crippen LogP contribution in [0.15, 0.2) is 53.4 Å². The normalized spacial score (nSPS) is 11.2. The van der Waals surface area contributed by atoms with Gasteiger partial charge in [0.2, 0.25) is 5.91 Å². The Labute approximate surface area is 152 Å². The fraction of sp³-hybridized carbons (Fsp3) is 0.235. The van der Waals surface area contributed by atoms with Gasteiger partial charge in [-0.25, -0.2) is 8.42 Å². The number of sulfonamides is 1. The number of hydrogen-bond donors (Lipinski definition) is 1. The van der Waals surface area contributed by atoms with Crippen molar-refractivity contribution >= 4 is 38.9 Å². The Balaban J connectivity index is 2.42. The Bertz CT molecular complexity index is 841. The monoisotopic (exact) mass is 382 g/mol. The number of halogens is 1. The van der Waals surface area contributed by atoms with Crippen molar-refractivity contribution in [1.82, 2.24) is 0 Å². The lowest BCUT2D eigenvalue weighted by Crippen LogP contribution is -2.31. The van der Waals surface area contributed by atoms with E-state index in [0.717, 1.165) is 0 Å². The fourth-order valence-corrected chi connectivity index (χ4v) is 4.29. The molecule has 0 spiro atoms. The summed E-state index contributed by atoms with van der Waals surface area (Å²) in [7, 11) is -2.49. The molecule has 2 aromatic rings. The molecule has 134 valence electrons. The summed E-state index contributed by atoms with van der Waals surface area (Å²) in [6, 6.07) is 13.1. The number of carbonyl (C=O) groups excluding carboxylic acids is 1. The third-order valence-corrected chi connectivity index (χ3v) is 5.77. The van der Waals surface area contributed by atoms with Crippen molar-refractivity contribution in [3.05, 3.63) is 53.6 Å². The van der Waals surface area contributed by atoms with E-state index in [1.807, 2.05) is 6.07 Å². The molecule has 6 nitrogen and oxygen atoms in total. The van der Waals surface area contributed by atoms with Gasteiger partial charge in [-0.1, -0.05) is 29.8 Å². The summed E-state index contributed by atoms with van der Waals surface area (Å²) < 4.78 is 32.1. The molecule has 0 radical (unpaired) electrons. The van der Waals surface area contributed by atoms with Crippen molar-refractivity contribution in [3.63, 3.8) is 0 Å². The molecule has 0 bridgehead atoms. The second kappa shape index (κ2) is 8.33. The van der Waals surface area contributed by atoms with E-state index in [-0.39, 0.29) is 29.0 Å². The van der Waals surface area contributed by atoms with Gasteiger partial charge in [-0.2, -0.15) is 0 Å². The standard InChI is InChI=1S/C17H19ClN2O4S/c1-3-20(14-7-5-4-6-8-14)25(22,23)16-11-13(9-10-15(16)18)19-17(21)12-24-2/h4-11H,3,12H2,1-2H3,(H,19,21). The fourth-order valence-electron chi connectivity index (χ4n) is 2.31. The molecule has 2 rings (SSSR count). The second-order valence-electron chi connectivity index (χ2n) is 5.13. The zero-order valence-electron chi connectivity index (χ0n) is 13.9. The first-order valence-electron chi connectivity index (χ1n) is 7.56. The minimum Gasteiger partial charge on any atom is -0.375 e. The maximum Gasteiger partial charge on any atom is 0.265 e. The minimum atomic E-state index is -3.89. The quantitative estimate of drug-likeness (QED) is 0.798. The van der Waals surface area contributed by atoms with E-state index in [9.17, 15) is 13.2 Å². The summed E-state index contributed by atoms with van der Waals surface area (Å²) in [6.45, 7) is 1.85. The van der Waals surface area contributed by atoms with Crippen LogP contribution in [0.5, 0.6) is 0 Å². The summed E-state index contributed by atoms with van der Waals surface area (Å²) >= 11 is 6.12. The summed E-state index contributed by atoms with van der Waals surface area (Å²) in [5.41, 5.74) is 0.865. The molecule has 2 aromatic carbocycles. The largest absolute Gasteiger partial charge is 0.375 e. The van der Waals surface area contributed by atoms with Crippen LogP contribution in [0, 0.1) is 0 Å². The lowest BCUT2D eigenvalue weighted by Gasteiger charge is -2.23. The first-order valence-corrected chi connectivity index (χ1v) is 9.38. The van der Waals surface area contributed by atoms with Crippen molar-refractivity contribution in [2.75, 3.05) is 29.9 Å². The predicted octanol–water partition coefficient (Wildman–Crippen LogP) is 3.14. The van der Waals surface area contributed by atoms with Crippen LogP contribution in [0.4, 0.5) is 11.4 Å². The molecule has 0 aromatic heterocycles. The number of ether oxygens (including phenoxy) is 1. The average Bonchev–Trinajstić information content (AvgIpc) is 2.58. The van der Waals surface area contributed by atoms with Crippen LogP contribution in [-0.4, -0.2) is 34.6 Å². The molecule has 0 atom stereocenters. The zero-order valence-corrected chi connectivity index (χ0v) is 15.5. The van der Waals surface area contributed by atoms with Gasteiger partial charge in [0.15, 0.2) is 0 Å². The van der Waals surface area contributed by atoms with Gasteiger partial charge in [0.1, 0.15) is 11.5 Å². The zero-order chi connectivity index (χ0) is 18.4. The number of carbonyl (C=O) groups is 1. The highest BCUT2D eigenvalue weighted by molar-refractivity contribution is 7.93. The van der Waals surface area contributed by atoms with E-state index < -0.39 is 10.0 Å². The van der Waals surface area contributed by atoms with Crippen molar-refractivity contribution in [3.8, 4) is 0 Å². The van der Waals surface area contributed by atoms with Crippen molar-refractivity contribution < 1.29 is 17.9 Å². The number of methoxy groups -OCH3 is 1. The van der Waals surface area contributed by atoms with Crippen LogP contribution < -0.4 is 9.62 Å². The Morgan fingerprint density at radius 3 is 2.48 bits per heavy atom. The highest BCUT2D eigenvalue weighted by Gasteiger charge is 2.26. The van der Waals surface area contributed by atoms with Gasteiger partial charge in [-0.3, -0.25) is 9.10 Å². The topological polar surface area (TPSA) is 75.7 Å². The van der Waals surface area contributed by atoms with Gasteiger partial charge in [-0.15, -0.1) is 0 Å². The highest BCUT2D eigenvalue weighted by Crippen LogP contribution is 2.30. The van der Waals surface area contributed by atoms with Crippen molar-refractivity contribution in [1.29, 1.82) is 0 Å². The van der Waals surface area contributed by atoms with Crippen LogP contribution in [-0.2, 0) is 19.6 Å². The Morgan fingerprint density at radius 1 is 1.20 bits per heavy atom. The third kappa shape index (κ3) is 4.50. The molecule has 0 aliphatic rings. The van der Waals surface area contributed by atoms with E-state index >= 15 is 0 Å². The number of anilines is 2. The second-order valence-corrected chi connectivity index (χ2v) is 7.37. The number of amides is 1. The molecule has 0 aliphatic carbocycles. The van der Waals surface area contributed by atoms with Crippen molar-refractivity contribution in [2.24, 2.45) is 0 Å². The van der Waals surface area contributed by atoms with E-state index in [1.165, 1.54) is 29.6 Å². The Kier molecular flexibility index (Phi) is 6.41. The van der Waals surface area contributed by atoms with Crippen LogP contribution in [0.25, 0.3) is 0 Å². The number of hydrogen-bond acceptors (Lipinski definition) is 4. The molecule has 0 fully saturated rings. The van der Waals surface area contributed by atoms with E-state index in [2.05, 4.69) is 5.32 Å². The molecule has 0 saturated carbocycles. The lowest BCUT2D eigenvalue weighted by molar-refractivity contribution is -0.119. The summed E-state index contributed by atoms with van der Waals surface area (Å²) in [6.07, 6.45) is 0. The lowest BCUT2D eigenvalue weighted by atomic mass is 10.3. The minimum absolute atomic E-state index is 0.0740. The SMILES string of the molecule is CCN(c1ccccc1)S(=O)(=O)c1cc(NC(=O)COC)ccc1Cl. The number of benzene rings is 2. The molecule has 1 amide bonds. The Morgan fingerprint density at radius 2 is 1.88 bits per heavy atom. The number of nitrogens with one attached hydrogen (secondary N) is 1. The predicted molar refractivity (Wildman–Crippen MR) is 98.6 cm³/mol. The average molecular weight is 383 g/mol. The molecule has 1 N–H and O–H groups in total. The number of para-hydroxylation sites is 1. The third-order valence-electron chi connectivity index (χ3n) is 3.39. The summed E-state index contributed by atoms with van der Waals surface area (Å²) in [5, 5.41) is 2.66. The first-order chi connectivity index (χ1) is 11.9. The van der Waals surface area contributed by atoms with Gasteiger partial charge in [0.05, 0.1) is 10.7 Å². The molecule has 8 heteroatoms. The first kappa shape index (κ1) is 19.2. The molecule has 0 saturated heterocycles. The Hall–Kier alpha value is -2.09. The van der Waals surface area contributed by atoms with Crippen LogP contribution >= 0.6 is 11.6 Å². The maximum absolute atomic E-state index is 13.1. The molecule has 0 aliphatic heterocycles. The maximum atomic E-state index is 13.1. The van der Waals surface area contributed by atoms with Crippen LogP contribution in [0.3, 0.4) is 0 Å². The van der Waals surface area contributed by atoms with Gasteiger partial charge in [-0.05, 0) is 37.3 Å². The van der Waals surface area contributed by atoms with Gasteiger partial charge < -0.3 is 10.1 Å². The van der Waals surface area contributed by atoms with Crippen LogP contribution in [0.1, 0.15) is 6.92 Å². The van der Waals surface area contributed by atoms with Gasteiger partial charge in [0.25, 0.3) is 10.0 Å². The molecule has 0 heterocycles. The summed E-state index contributed by atoms with van der Waals surface area (Å²) in [5.74, 6) is -0.386. The number of rotatable bonds is 7. The molecular weight excluding hydrogens is 364 g/mol. The van der Waals surface area contributed by atoms with Crippen molar-refractivity contribution in [2.45, 2.75) is 11.8 Å².